The van der Waals surface area contributed by atoms with Crippen LogP contribution in [0.2, 0.25) is 0 Å². The van der Waals surface area contributed by atoms with Gasteiger partial charge in [-0.05, 0) is 50.5 Å². The summed E-state index contributed by atoms with van der Waals surface area (Å²) in [6.07, 6.45) is 11.7. The van der Waals surface area contributed by atoms with Crippen molar-refractivity contribution in [2.75, 3.05) is 38.4 Å². The highest BCUT2D eigenvalue weighted by Crippen LogP contribution is 2.47. The highest BCUT2D eigenvalue weighted by Gasteiger charge is 2.25. The lowest BCUT2D eigenvalue weighted by atomic mass is 10.2. The molecule has 9 nitrogen and oxygen atoms in total. The lowest BCUT2D eigenvalue weighted by molar-refractivity contribution is -0.182. The molecule has 164 valence electrons. The molecule has 0 aromatic rings. The number of aliphatic hydroxyl groups excluding tert-OH is 1. The standard InChI is InChI=1S/C17H36N4O5P2/c18-9-5-1-3-7-11-20-15-27(23,24)14-17(13-22)28(25,26)16-21-12-8-4-2-6-10-19/h1,3,5,7,9,11,17,20-22H,2,4,6,8,10,12-16,18-19H2,(H,23,24)(H,25,26)/p-2/b3-1+,9-5-,11-7+. The van der Waals surface area contributed by atoms with Crippen molar-refractivity contribution in [3.05, 3.63) is 36.7 Å². The van der Waals surface area contributed by atoms with E-state index in [2.05, 4.69) is 10.6 Å². The molecule has 0 radical (unpaired) electrons. The van der Waals surface area contributed by atoms with E-state index in [1.54, 1.807) is 24.3 Å². The Labute approximate surface area is 167 Å². The topological polar surface area (TPSA) is 177 Å². The van der Waals surface area contributed by atoms with Gasteiger partial charge in [0.05, 0.1) is 12.9 Å². The summed E-state index contributed by atoms with van der Waals surface area (Å²) in [5.41, 5.74) is 9.24. The number of aliphatic hydroxyl groups is 1. The smallest absolute Gasteiger partial charge is 0.0552 e. The Bertz CT molecular complexity index is 584. The zero-order valence-electron chi connectivity index (χ0n) is 16.2. The number of nitrogens with one attached hydrogen (secondary N) is 2. The molecule has 0 aliphatic rings. The molecule has 0 amide bonds. The maximum atomic E-state index is 12.3. The van der Waals surface area contributed by atoms with Crippen molar-refractivity contribution < 1.29 is 24.0 Å². The van der Waals surface area contributed by atoms with Crippen molar-refractivity contribution >= 4 is 14.7 Å². The first-order valence-corrected chi connectivity index (χ1v) is 13.2. The third-order valence-corrected chi connectivity index (χ3v) is 7.96. The van der Waals surface area contributed by atoms with E-state index >= 15 is 0 Å². The first kappa shape index (κ1) is 27.1. The molecule has 0 aromatic heterocycles. The summed E-state index contributed by atoms with van der Waals surface area (Å²) >= 11 is 0. The molecule has 0 aliphatic heterocycles. The summed E-state index contributed by atoms with van der Waals surface area (Å²) in [6.45, 7) is 0.433. The van der Waals surface area contributed by atoms with Crippen molar-refractivity contribution in [1.82, 2.24) is 10.6 Å². The van der Waals surface area contributed by atoms with Crippen LogP contribution >= 0.6 is 14.7 Å². The minimum Gasteiger partial charge on any atom is -0.798 e. The Hall–Kier alpha value is -0.920. The minimum absolute atomic E-state index is 0.331. The number of hydrogen-bond donors (Lipinski definition) is 5. The third-order valence-electron chi connectivity index (χ3n) is 3.89. The second-order valence-electron chi connectivity index (χ2n) is 6.41. The minimum atomic E-state index is -4.10. The molecule has 3 unspecified atom stereocenters. The van der Waals surface area contributed by atoms with Gasteiger partial charge in [-0.3, -0.25) is 0 Å². The van der Waals surface area contributed by atoms with Crippen molar-refractivity contribution in [3.63, 3.8) is 0 Å². The summed E-state index contributed by atoms with van der Waals surface area (Å²) in [4.78, 5) is 24.5. The van der Waals surface area contributed by atoms with Gasteiger partial charge >= 0.3 is 0 Å². The van der Waals surface area contributed by atoms with Gasteiger partial charge in [-0.15, -0.1) is 0 Å². The van der Waals surface area contributed by atoms with Gasteiger partial charge in [0.15, 0.2) is 0 Å². The molecule has 0 aliphatic carbocycles. The van der Waals surface area contributed by atoms with Gasteiger partial charge in [-0.1, -0.05) is 25.0 Å². The highest BCUT2D eigenvalue weighted by molar-refractivity contribution is 7.61. The average Bonchev–Trinajstić information content (AvgIpc) is 2.64. The zero-order valence-corrected chi connectivity index (χ0v) is 18.0. The number of allylic oxidation sites excluding steroid dienone is 4. The fraction of sp³-hybridized carbons (Fsp3) is 0.647. The van der Waals surface area contributed by atoms with Crippen molar-refractivity contribution in [1.29, 1.82) is 0 Å². The van der Waals surface area contributed by atoms with Crippen LogP contribution in [-0.2, 0) is 9.13 Å². The number of hydrogen-bond acceptors (Lipinski definition) is 9. The molecule has 11 heteroatoms. The molecule has 7 N–H and O–H groups in total. The first-order valence-electron chi connectivity index (χ1n) is 9.33. The van der Waals surface area contributed by atoms with E-state index in [4.69, 9.17) is 11.5 Å². The van der Waals surface area contributed by atoms with Crippen LogP contribution in [-0.4, -0.2) is 49.2 Å². The van der Waals surface area contributed by atoms with Crippen molar-refractivity contribution in [2.24, 2.45) is 11.5 Å². The van der Waals surface area contributed by atoms with Crippen LogP contribution in [0.3, 0.4) is 0 Å². The largest absolute Gasteiger partial charge is 0.798 e. The Morgan fingerprint density at radius 3 is 2.32 bits per heavy atom. The van der Waals surface area contributed by atoms with Gasteiger partial charge in [0.2, 0.25) is 0 Å². The van der Waals surface area contributed by atoms with Gasteiger partial charge in [-0.25, -0.2) is 0 Å². The molecule has 0 aromatic carbocycles. The monoisotopic (exact) mass is 436 g/mol. The SMILES string of the molecule is N\C=C/C=C/C=C/NCP(=O)([O-])CC(CO)P(=O)([O-])CNCCCCCCN. The van der Waals surface area contributed by atoms with E-state index in [9.17, 15) is 24.0 Å². The molecule has 0 heterocycles. The summed E-state index contributed by atoms with van der Waals surface area (Å²) < 4.78 is 24.5. The van der Waals surface area contributed by atoms with Crippen LogP contribution < -0.4 is 31.9 Å². The fourth-order valence-corrected chi connectivity index (χ4v) is 6.30. The predicted octanol–water partition coefficient (Wildman–Crippen LogP) is -0.220. The van der Waals surface area contributed by atoms with Crippen LogP contribution in [0.5, 0.6) is 0 Å². The van der Waals surface area contributed by atoms with Gasteiger partial charge in [-0.2, -0.15) is 0 Å². The molecule has 0 saturated heterocycles. The van der Waals surface area contributed by atoms with Crippen LogP contribution in [0.1, 0.15) is 25.7 Å². The molecule has 28 heavy (non-hydrogen) atoms. The summed E-state index contributed by atoms with van der Waals surface area (Å²) in [5.74, 6) is 0. The predicted molar refractivity (Wildman–Crippen MR) is 111 cm³/mol. The third kappa shape index (κ3) is 14.1. The van der Waals surface area contributed by atoms with E-state index in [1.807, 2.05) is 0 Å². The molecular formula is C17H34N4O5P2-2. The van der Waals surface area contributed by atoms with Crippen molar-refractivity contribution in [2.45, 2.75) is 31.3 Å². The molecule has 0 rings (SSSR count). The second-order valence-corrected chi connectivity index (χ2v) is 11.2. The zero-order chi connectivity index (χ0) is 21.3. The maximum absolute atomic E-state index is 12.3. The molecular weight excluding hydrogens is 402 g/mol. The fourth-order valence-electron chi connectivity index (χ4n) is 2.31. The van der Waals surface area contributed by atoms with Crippen LogP contribution in [0.4, 0.5) is 0 Å². The van der Waals surface area contributed by atoms with Crippen LogP contribution in [0.25, 0.3) is 0 Å². The Kier molecular flexibility index (Phi) is 15.4. The average molecular weight is 436 g/mol. The van der Waals surface area contributed by atoms with Gasteiger partial charge in [0, 0.05) is 32.8 Å². The van der Waals surface area contributed by atoms with Crippen LogP contribution in [0.15, 0.2) is 36.7 Å². The molecule has 0 fully saturated rings. The maximum Gasteiger partial charge on any atom is 0.0552 e. The van der Waals surface area contributed by atoms with E-state index in [0.29, 0.717) is 13.1 Å². The van der Waals surface area contributed by atoms with E-state index < -0.39 is 39.5 Å². The number of unbranched alkanes of at least 4 members (excludes halogenated alkanes) is 3. The number of nitrogens with two attached hydrogens (primary N) is 2. The lowest BCUT2D eigenvalue weighted by Gasteiger charge is -2.36. The number of rotatable bonds is 17. The first-order chi connectivity index (χ1) is 13.3. The van der Waals surface area contributed by atoms with E-state index in [-0.39, 0.29) is 6.29 Å². The Morgan fingerprint density at radius 2 is 1.68 bits per heavy atom. The summed E-state index contributed by atoms with van der Waals surface area (Å²) in [7, 11) is -8.12. The second kappa shape index (κ2) is 15.9. The molecule has 0 spiro atoms. The lowest BCUT2D eigenvalue weighted by Crippen LogP contribution is -2.34. The van der Waals surface area contributed by atoms with Gasteiger partial charge < -0.3 is 46.1 Å². The van der Waals surface area contributed by atoms with Crippen molar-refractivity contribution in [3.8, 4) is 0 Å². The molecule has 3 atom stereocenters. The quantitative estimate of drug-likeness (QED) is 0.117. The van der Waals surface area contributed by atoms with Gasteiger partial charge in [0.1, 0.15) is 0 Å². The van der Waals surface area contributed by atoms with E-state index in [1.165, 1.54) is 12.4 Å². The van der Waals surface area contributed by atoms with Crippen LogP contribution in [0, 0.1) is 0 Å². The Balaban J connectivity index is 4.37. The highest BCUT2D eigenvalue weighted by atomic mass is 31.2. The summed E-state index contributed by atoms with van der Waals surface area (Å²) in [5, 5.41) is 14.8. The molecule has 0 saturated carbocycles. The normalized spacial score (nSPS) is 17.9. The van der Waals surface area contributed by atoms with Gasteiger partial charge in [0.25, 0.3) is 0 Å². The molecule has 0 bridgehead atoms. The summed E-state index contributed by atoms with van der Waals surface area (Å²) in [6, 6.07) is 0. The van der Waals surface area contributed by atoms with E-state index in [0.717, 1.165) is 25.7 Å². The Morgan fingerprint density at radius 1 is 1.00 bits per heavy atom.